The molecule has 0 saturated carbocycles. The van der Waals surface area contributed by atoms with Crippen LogP contribution in [0, 0.1) is 0 Å². The van der Waals surface area contributed by atoms with Crippen LogP contribution in [0.3, 0.4) is 0 Å². The third-order valence-corrected chi connectivity index (χ3v) is 13.2. The molecule has 0 radical (unpaired) electrons. The molecule has 4 unspecified atom stereocenters. The van der Waals surface area contributed by atoms with Gasteiger partial charge in [0.2, 0.25) is 5.91 Å². The number of nitrogens with one attached hydrogen (secondary N) is 1. The monoisotopic (exact) mass is 864 g/mol. The van der Waals surface area contributed by atoms with Crippen molar-refractivity contribution < 1.29 is 25.2 Å². The van der Waals surface area contributed by atoms with E-state index >= 15 is 0 Å². The highest BCUT2D eigenvalue weighted by atomic mass is 16.3. The molecule has 0 spiro atoms. The molecule has 0 bridgehead atoms. The minimum absolute atomic E-state index is 0.365. The Morgan fingerprint density at radius 3 is 0.951 bits per heavy atom. The van der Waals surface area contributed by atoms with E-state index in [1.807, 2.05) is 0 Å². The summed E-state index contributed by atoms with van der Waals surface area (Å²) in [6.45, 7) is 4.09. The predicted octanol–water partition coefficient (Wildman–Crippen LogP) is 15.7. The SMILES string of the molecule is CCCCCCCCCCC/C=C\CCCCCCCCC(O)C(=O)NC(CO)C(O)C(O)CCCCCCCCCCCCCCCCCCCCCCCCCCCC. The van der Waals surface area contributed by atoms with Gasteiger partial charge in [-0.15, -0.1) is 0 Å². The number of aliphatic hydroxyl groups excluding tert-OH is 4. The van der Waals surface area contributed by atoms with Gasteiger partial charge in [-0.05, 0) is 38.5 Å². The normalized spacial score (nSPS) is 13.9. The molecule has 0 fully saturated rings. The zero-order valence-corrected chi connectivity index (χ0v) is 41.2. The van der Waals surface area contributed by atoms with Crippen molar-refractivity contribution in [2.75, 3.05) is 6.61 Å². The second-order valence-corrected chi connectivity index (χ2v) is 19.3. The maximum atomic E-state index is 12.6. The molecule has 0 aliphatic rings. The molecule has 1 amide bonds. The average molecular weight is 864 g/mol. The molecule has 0 aromatic heterocycles. The Kier molecular flexibility index (Phi) is 49.3. The van der Waals surface area contributed by atoms with Gasteiger partial charge in [-0.25, -0.2) is 0 Å². The summed E-state index contributed by atoms with van der Waals surface area (Å²) in [6, 6.07) is -0.986. The van der Waals surface area contributed by atoms with E-state index in [1.54, 1.807) is 0 Å². The van der Waals surface area contributed by atoms with Crippen LogP contribution >= 0.6 is 0 Å². The lowest BCUT2D eigenvalue weighted by molar-refractivity contribution is -0.132. The zero-order valence-electron chi connectivity index (χ0n) is 41.2. The fraction of sp³-hybridized carbons (Fsp3) is 0.945. The standard InChI is InChI=1S/C55H109NO5/c1-3-5-7-9-11-13-15-17-19-21-23-24-25-26-27-28-29-31-32-34-36-38-40-42-44-46-48-52(58)54(60)51(50-57)56-55(61)53(59)49-47-45-43-41-39-37-35-33-30-22-20-18-16-14-12-10-8-6-4-2/h30,33,51-54,57-60H,3-29,31-32,34-50H2,1-2H3,(H,56,61)/b33-30-. The second-order valence-electron chi connectivity index (χ2n) is 19.3. The van der Waals surface area contributed by atoms with E-state index in [1.165, 1.54) is 231 Å². The molecule has 61 heavy (non-hydrogen) atoms. The number of allylic oxidation sites excluding steroid dienone is 2. The Morgan fingerprint density at radius 2 is 0.656 bits per heavy atom. The molecule has 0 rings (SSSR count). The highest BCUT2D eigenvalue weighted by Gasteiger charge is 2.28. The van der Waals surface area contributed by atoms with Crippen LogP contribution in [-0.2, 0) is 4.79 Å². The number of unbranched alkanes of at least 4 members (excludes halogenated alkanes) is 40. The second kappa shape index (κ2) is 50.1. The summed E-state index contributed by atoms with van der Waals surface area (Å²) in [4.78, 5) is 12.6. The molecular formula is C55H109NO5. The average Bonchev–Trinajstić information content (AvgIpc) is 3.26. The van der Waals surface area contributed by atoms with Crippen molar-refractivity contribution in [1.29, 1.82) is 0 Å². The highest BCUT2D eigenvalue weighted by Crippen LogP contribution is 2.18. The van der Waals surface area contributed by atoms with Crippen molar-refractivity contribution in [2.24, 2.45) is 0 Å². The Bertz CT molecular complexity index is 882. The van der Waals surface area contributed by atoms with Crippen molar-refractivity contribution in [3.8, 4) is 0 Å². The van der Waals surface area contributed by atoms with E-state index < -0.39 is 36.9 Å². The molecular weight excluding hydrogens is 755 g/mol. The van der Waals surface area contributed by atoms with Gasteiger partial charge in [0.25, 0.3) is 0 Å². The summed E-state index contributed by atoms with van der Waals surface area (Å²) in [5.41, 5.74) is 0. The molecule has 0 saturated heterocycles. The maximum absolute atomic E-state index is 12.6. The highest BCUT2D eigenvalue weighted by molar-refractivity contribution is 5.80. The van der Waals surface area contributed by atoms with Gasteiger partial charge in [-0.2, -0.15) is 0 Å². The van der Waals surface area contributed by atoms with Gasteiger partial charge in [0.15, 0.2) is 0 Å². The Labute approximate surface area is 381 Å². The van der Waals surface area contributed by atoms with Crippen molar-refractivity contribution >= 4 is 5.91 Å². The minimum atomic E-state index is -1.26. The molecule has 0 aromatic rings. The van der Waals surface area contributed by atoms with E-state index in [0.717, 1.165) is 44.9 Å². The van der Waals surface area contributed by atoms with Gasteiger partial charge < -0.3 is 25.7 Å². The lowest BCUT2D eigenvalue weighted by atomic mass is 9.99. The van der Waals surface area contributed by atoms with E-state index in [-0.39, 0.29) is 0 Å². The molecule has 0 heterocycles. The summed E-state index contributed by atoms with van der Waals surface area (Å²) in [6.07, 6.45) is 58.4. The van der Waals surface area contributed by atoms with E-state index in [4.69, 9.17) is 0 Å². The van der Waals surface area contributed by atoms with Crippen LogP contribution in [0.15, 0.2) is 12.2 Å². The van der Waals surface area contributed by atoms with Crippen molar-refractivity contribution in [3.05, 3.63) is 12.2 Å². The van der Waals surface area contributed by atoms with Gasteiger partial charge in [-0.1, -0.05) is 276 Å². The first-order valence-electron chi connectivity index (χ1n) is 27.6. The summed E-state index contributed by atoms with van der Waals surface area (Å²) in [5.74, 6) is -0.584. The van der Waals surface area contributed by atoms with Crippen molar-refractivity contribution in [3.63, 3.8) is 0 Å². The Balaban J connectivity index is 3.61. The minimum Gasteiger partial charge on any atom is -0.394 e. The van der Waals surface area contributed by atoms with Crippen LogP contribution in [0.5, 0.6) is 0 Å². The fourth-order valence-corrected chi connectivity index (χ4v) is 8.87. The third-order valence-electron chi connectivity index (χ3n) is 13.2. The number of hydrogen-bond acceptors (Lipinski definition) is 5. The Morgan fingerprint density at radius 1 is 0.393 bits per heavy atom. The number of amides is 1. The Hall–Kier alpha value is -0.950. The summed E-state index contributed by atoms with van der Waals surface area (Å²) >= 11 is 0. The van der Waals surface area contributed by atoms with E-state index in [9.17, 15) is 25.2 Å². The number of hydrogen-bond donors (Lipinski definition) is 5. The van der Waals surface area contributed by atoms with Gasteiger partial charge in [-0.3, -0.25) is 4.79 Å². The van der Waals surface area contributed by atoms with E-state index in [0.29, 0.717) is 12.8 Å². The van der Waals surface area contributed by atoms with Crippen LogP contribution in [0.1, 0.15) is 303 Å². The first kappa shape index (κ1) is 60.1. The number of carbonyl (C=O) groups is 1. The molecule has 0 aliphatic carbocycles. The van der Waals surface area contributed by atoms with Crippen molar-refractivity contribution in [1.82, 2.24) is 5.32 Å². The largest absolute Gasteiger partial charge is 0.394 e. The summed E-state index contributed by atoms with van der Waals surface area (Å²) in [7, 11) is 0. The van der Waals surface area contributed by atoms with Gasteiger partial charge in [0.1, 0.15) is 12.2 Å². The number of aliphatic hydroxyl groups is 4. The maximum Gasteiger partial charge on any atom is 0.249 e. The molecule has 364 valence electrons. The van der Waals surface area contributed by atoms with Crippen LogP contribution < -0.4 is 5.32 Å². The lowest BCUT2D eigenvalue weighted by Crippen LogP contribution is -2.53. The van der Waals surface area contributed by atoms with Gasteiger partial charge in [0.05, 0.1) is 18.8 Å². The smallest absolute Gasteiger partial charge is 0.249 e. The van der Waals surface area contributed by atoms with Crippen LogP contribution in [0.25, 0.3) is 0 Å². The molecule has 6 heteroatoms. The molecule has 0 aliphatic heterocycles. The quantitative estimate of drug-likeness (QED) is 0.0309. The van der Waals surface area contributed by atoms with Crippen molar-refractivity contribution in [2.45, 2.75) is 327 Å². The molecule has 5 N–H and O–H groups in total. The number of rotatable bonds is 51. The van der Waals surface area contributed by atoms with Crippen LogP contribution in [0.4, 0.5) is 0 Å². The summed E-state index contributed by atoms with van der Waals surface area (Å²) < 4.78 is 0. The fourth-order valence-electron chi connectivity index (χ4n) is 8.87. The first-order valence-corrected chi connectivity index (χ1v) is 27.6. The van der Waals surface area contributed by atoms with Crippen LogP contribution in [-0.4, -0.2) is 57.3 Å². The molecule has 4 atom stereocenters. The third kappa shape index (κ3) is 44.1. The van der Waals surface area contributed by atoms with Gasteiger partial charge >= 0.3 is 0 Å². The molecule has 0 aromatic carbocycles. The lowest BCUT2D eigenvalue weighted by Gasteiger charge is -2.27. The van der Waals surface area contributed by atoms with Crippen LogP contribution in [0.2, 0.25) is 0 Å². The predicted molar refractivity (Wildman–Crippen MR) is 265 cm³/mol. The first-order chi connectivity index (χ1) is 30.0. The molecule has 6 nitrogen and oxygen atoms in total. The van der Waals surface area contributed by atoms with E-state index in [2.05, 4.69) is 31.3 Å². The van der Waals surface area contributed by atoms with Gasteiger partial charge in [0, 0.05) is 0 Å². The zero-order chi connectivity index (χ0) is 44.5. The summed E-state index contributed by atoms with van der Waals surface area (Å²) in [5, 5.41) is 44.0. The topological polar surface area (TPSA) is 110 Å². The number of carbonyl (C=O) groups excluding carboxylic acids is 1.